The van der Waals surface area contributed by atoms with E-state index in [9.17, 15) is 9.59 Å². The first-order chi connectivity index (χ1) is 6.38. The first-order valence-electron chi connectivity index (χ1n) is 4.66. The number of quaternary nitrogens is 1. The van der Waals surface area contributed by atoms with Gasteiger partial charge in [-0.3, -0.25) is 9.59 Å². The Labute approximate surface area is 84.3 Å². The highest BCUT2D eigenvalue weighted by Crippen LogP contribution is 2.11. The molecule has 3 nitrogen and oxygen atoms in total. The Hall–Kier alpha value is -1.22. The first-order valence-corrected chi connectivity index (χ1v) is 4.66. The second kappa shape index (κ2) is 3.88. The van der Waals surface area contributed by atoms with E-state index in [0.29, 0.717) is 12.0 Å². The average molecular weight is 194 g/mol. The maximum absolute atomic E-state index is 11.3. The third-order valence-corrected chi connectivity index (χ3v) is 2.08. The van der Waals surface area contributed by atoms with Gasteiger partial charge in [0, 0.05) is 12.0 Å². The molecule has 0 N–H and O–H groups in total. The molecular formula is C11H16NO2+. The molecule has 0 aromatic rings. The van der Waals surface area contributed by atoms with Crippen molar-refractivity contribution in [1.82, 2.24) is 0 Å². The average Bonchev–Trinajstić information content (AvgIpc) is 2.05. The summed E-state index contributed by atoms with van der Waals surface area (Å²) in [5.74, 6) is -0.112. The molecule has 3 heteroatoms. The molecule has 0 amide bonds. The fourth-order valence-electron chi connectivity index (χ4n) is 1.21. The van der Waals surface area contributed by atoms with Crippen LogP contribution in [0.2, 0.25) is 0 Å². The molecule has 76 valence electrons. The molecule has 0 atom stereocenters. The van der Waals surface area contributed by atoms with Gasteiger partial charge < -0.3 is 4.48 Å². The molecule has 0 unspecified atom stereocenters. The van der Waals surface area contributed by atoms with Crippen LogP contribution in [0.3, 0.4) is 0 Å². The summed E-state index contributed by atoms with van der Waals surface area (Å²) >= 11 is 0. The van der Waals surface area contributed by atoms with Crippen LogP contribution in [-0.2, 0) is 9.59 Å². The largest absolute Gasteiger partial charge is 0.331 e. The zero-order chi connectivity index (χ0) is 10.8. The number of allylic oxidation sites excluding steroid dienone is 3. The molecule has 0 radical (unpaired) electrons. The molecule has 0 aromatic carbocycles. The Morgan fingerprint density at radius 3 is 2.36 bits per heavy atom. The molecule has 0 saturated heterocycles. The quantitative estimate of drug-likeness (QED) is 0.490. The number of hydrogen-bond donors (Lipinski definition) is 0. The van der Waals surface area contributed by atoms with Crippen molar-refractivity contribution in [3.05, 3.63) is 23.8 Å². The molecule has 0 aliphatic heterocycles. The van der Waals surface area contributed by atoms with Crippen LogP contribution in [0.5, 0.6) is 0 Å². The fourth-order valence-corrected chi connectivity index (χ4v) is 1.21. The Balaban J connectivity index is 2.61. The van der Waals surface area contributed by atoms with E-state index in [0.717, 1.165) is 11.0 Å². The lowest BCUT2D eigenvalue weighted by atomic mass is 10.0. The van der Waals surface area contributed by atoms with Crippen LogP contribution in [-0.4, -0.2) is 43.7 Å². The van der Waals surface area contributed by atoms with Gasteiger partial charge in [0.15, 0.2) is 11.6 Å². The minimum Gasteiger partial charge on any atom is -0.331 e. The van der Waals surface area contributed by atoms with E-state index in [4.69, 9.17) is 0 Å². The SMILES string of the molecule is C[N+](C)(C)CCC1=CC(=O)C=CC1=O. The van der Waals surface area contributed by atoms with Crippen molar-refractivity contribution in [1.29, 1.82) is 0 Å². The van der Waals surface area contributed by atoms with Crippen molar-refractivity contribution in [2.75, 3.05) is 27.7 Å². The third kappa shape index (κ3) is 3.26. The highest BCUT2D eigenvalue weighted by atomic mass is 16.1. The molecule has 0 saturated carbocycles. The van der Waals surface area contributed by atoms with E-state index < -0.39 is 0 Å². The Bertz CT molecular complexity index is 319. The zero-order valence-electron chi connectivity index (χ0n) is 8.91. The van der Waals surface area contributed by atoms with Crippen LogP contribution in [0.4, 0.5) is 0 Å². The molecule has 0 spiro atoms. The second-order valence-electron chi connectivity index (χ2n) is 4.53. The summed E-state index contributed by atoms with van der Waals surface area (Å²) in [5.41, 5.74) is 0.630. The summed E-state index contributed by atoms with van der Waals surface area (Å²) in [4.78, 5) is 22.4. The number of nitrogens with zero attached hydrogens (tertiary/aromatic N) is 1. The van der Waals surface area contributed by atoms with Crippen LogP contribution in [0.1, 0.15) is 6.42 Å². The molecule has 1 rings (SSSR count). The van der Waals surface area contributed by atoms with Gasteiger partial charge in [0.2, 0.25) is 0 Å². The van der Waals surface area contributed by atoms with E-state index in [1.807, 2.05) is 0 Å². The maximum atomic E-state index is 11.3. The predicted molar refractivity (Wildman–Crippen MR) is 54.8 cm³/mol. The molecule has 14 heavy (non-hydrogen) atoms. The summed E-state index contributed by atoms with van der Waals surface area (Å²) < 4.78 is 0.794. The van der Waals surface area contributed by atoms with Gasteiger partial charge in [0.25, 0.3) is 0 Å². The summed E-state index contributed by atoms with van der Waals surface area (Å²) in [7, 11) is 6.18. The lowest BCUT2D eigenvalue weighted by molar-refractivity contribution is -0.870. The van der Waals surface area contributed by atoms with E-state index in [1.165, 1.54) is 18.2 Å². The highest BCUT2D eigenvalue weighted by molar-refractivity contribution is 6.17. The van der Waals surface area contributed by atoms with Gasteiger partial charge in [-0.15, -0.1) is 0 Å². The second-order valence-corrected chi connectivity index (χ2v) is 4.53. The van der Waals surface area contributed by atoms with Gasteiger partial charge in [-0.05, 0) is 18.2 Å². The lowest BCUT2D eigenvalue weighted by Crippen LogP contribution is -2.36. The van der Waals surface area contributed by atoms with Gasteiger partial charge >= 0.3 is 0 Å². The standard InChI is InChI=1S/C11H16NO2/c1-12(2,3)7-6-9-8-10(13)4-5-11(9)14/h4-5,8H,6-7H2,1-3H3/q+1. The van der Waals surface area contributed by atoms with E-state index in [2.05, 4.69) is 21.1 Å². The Kier molecular flexibility index (Phi) is 3.01. The summed E-state index contributed by atoms with van der Waals surface area (Å²) in [6.07, 6.45) is 4.78. The van der Waals surface area contributed by atoms with E-state index in [1.54, 1.807) is 0 Å². The Morgan fingerprint density at radius 1 is 1.14 bits per heavy atom. The normalized spacial score (nSPS) is 17.2. The van der Waals surface area contributed by atoms with Gasteiger partial charge in [0.05, 0.1) is 27.7 Å². The van der Waals surface area contributed by atoms with Crippen LogP contribution < -0.4 is 0 Å². The number of carbonyl (C=O) groups excluding carboxylic acids is 2. The van der Waals surface area contributed by atoms with E-state index in [-0.39, 0.29) is 11.6 Å². The smallest absolute Gasteiger partial charge is 0.182 e. The number of rotatable bonds is 3. The van der Waals surface area contributed by atoms with Crippen molar-refractivity contribution in [2.45, 2.75) is 6.42 Å². The van der Waals surface area contributed by atoms with Gasteiger partial charge in [0.1, 0.15) is 0 Å². The molecule has 1 aliphatic carbocycles. The van der Waals surface area contributed by atoms with Crippen molar-refractivity contribution < 1.29 is 14.1 Å². The Morgan fingerprint density at radius 2 is 1.79 bits per heavy atom. The minimum absolute atomic E-state index is 0.0296. The summed E-state index contributed by atoms with van der Waals surface area (Å²) in [6, 6.07) is 0. The minimum atomic E-state index is -0.0824. The van der Waals surface area contributed by atoms with Crippen LogP contribution in [0.15, 0.2) is 23.8 Å². The monoisotopic (exact) mass is 194 g/mol. The van der Waals surface area contributed by atoms with Crippen LogP contribution in [0, 0.1) is 0 Å². The lowest BCUT2D eigenvalue weighted by Gasteiger charge is -2.24. The van der Waals surface area contributed by atoms with Crippen LogP contribution in [0.25, 0.3) is 0 Å². The van der Waals surface area contributed by atoms with Crippen molar-refractivity contribution in [2.24, 2.45) is 0 Å². The molecule has 0 bridgehead atoms. The fraction of sp³-hybridized carbons (Fsp3) is 0.455. The molecule has 0 fully saturated rings. The number of hydrogen-bond acceptors (Lipinski definition) is 2. The zero-order valence-corrected chi connectivity index (χ0v) is 8.91. The predicted octanol–water partition coefficient (Wildman–Crippen LogP) is 0.717. The van der Waals surface area contributed by atoms with Crippen LogP contribution >= 0.6 is 0 Å². The van der Waals surface area contributed by atoms with Crippen molar-refractivity contribution in [3.8, 4) is 0 Å². The van der Waals surface area contributed by atoms with Crippen molar-refractivity contribution in [3.63, 3.8) is 0 Å². The molecule has 0 heterocycles. The van der Waals surface area contributed by atoms with Gasteiger partial charge in [-0.2, -0.15) is 0 Å². The van der Waals surface area contributed by atoms with Gasteiger partial charge in [-0.25, -0.2) is 0 Å². The van der Waals surface area contributed by atoms with E-state index >= 15 is 0 Å². The van der Waals surface area contributed by atoms with Crippen molar-refractivity contribution >= 4 is 11.6 Å². The van der Waals surface area contributed by atoms with Gasteiger partial charge in [-0.1, -0.05) is 0 Å². The topological polar surface area (TPSA) is 34.1 Å². The third-order valence-electron chi connectivity index (χ3n) is 2.08. The maximum Gasteiger partial charge on any atom is 0.182 e. The number of carbonyl (C=O) groups is 2. The summed E-state index contributed by atoms with van der Waals surface area (Å²) in [5, 5.41) is 0. The highest BCUT2D eigenvalue weighted by Gasteiger charge is 2.16. The first kappa shape index (κ1) is 10.9. The molecular weight excluding hydrogens is 178 g/mol. The number of ketones is 2. The molecule has 1 aliphatic rings. The summed E-state index contributed by atoms with van der Waals surface area (Å²) in [6.45, 7) is 0.860. The molecule has 0 aromatic heterocycles.